The molecule has 6 rings (SSSR count). The molecule has 4 heterocycles. The topological polar surface area (TPSA) is 144 Å². The fourth-order valence-electron chi connectivity index (χ4n) is 5.44. The molecule has 0 bridgehead atoms. The van der Waals surface area contributed by atoms with E-state index in [4.69, 9.17) is 10.5 Å². The van der Waals surface area contributed by atoms with Crippen LogP contribution in [0.1, 0.15) is 25.3 Å². The van der Waals surface area contributed by atoms with Gasteiger partial charge in [-0.1, -0.05) is 18.2 Å². The number of amides is 1. The first kappa shape index (κ1) is 25.3. The number of ether oxygens (including phenoxy) is 1. The monoisotopic (exact) mass is 536 g/mol. The van der Waals surface area contributed by atoms with E-state index in [1.807, 2.05) is 30.3 Å². The first-order valence-corrected chi connectivity index (χ1v) is 13.2. The number of nitrogens with two attached hydrogens (primary N) is 1. The van der Waals surface area contributed by atoms with Crippen molar-refractivity contribution in [1.82, 2.24) is 29.3 Å². The highest BCUT2D eigenvalue weighted by Gasteiger charge is 2.33. The summed E-state index contributed by atoms with van der Waals surface area (Å²) in [5.41, 5.74) is 7.43. The number of hydrogen-bond acceptors (Lipinski definition) is 8. The number of imidazole rings is 1. The zero-order valence-electron chi connectivity index (χ0n) is 21.7. The van der Waals surface area contributed by atoms with Crippen molar-refractivity contribution in [3.8, 4) is 23.3 Å². The zero-order valence-corrected chi connectivity index (χ0v) is 21.7. The average Bonchev–Trinajstić information content (AvgIpc) is 3.72. The highest BCUT2D eigenvalue weighted by Crippen LogP contribution is 2.29. The molecular formula is C29H28N8O3. The van der Waals surface area contributed by atoms with Gasteiger partial charge in [0.25, 0.3) is 5.91 Å². The van der Waals surface area contributed by atoms with Crippen LogP contribution in [0.5, 0.6) is 11.5 Å². The lowest BCUT2D eigenvalue weighted by Crippen LogP contribution is -2.33. The number of carbonyl (C=O) groups is 1. The van der Waals surface area contributed by atoms with Gasteiger partial charge >= 0.3 is 5.69 Å². The Balaban J connectivity index is 1.30. The van der Waals surface area contributed by atoms with Crippen LogP contribution in [0.2, 0.25) is 0 Å². The maximum absolute atomic E-state index is 13.9. The minimum atomic E-state index is -0.334. The van der Waals surface area contributed by atoms with Gasteiger partial charge in [0.2, 0.25) is 0 Å². The number of nitrogens with one attached hydrogen (secondary N) is 1. The first-order chi connectivity index (χ1) is 19.5. The van der Waals surface area contributed by atoms with Crippen LogP contribution in [0.3, 0.4) is 0 Å². The van der Waals surface area contributed by atoms with Crippen molar-refractivity contribution in [3.05, 3.63) is 83.1 Å². The van der Waals surface area contributed by atoms with E-state index >= 15 is 0 Å². The molecule has 40 heavy (non-hydrogen) atoms. The fourth-order valence-corrected chi connectivity index (χ4v) is 5.44. The van der Waals surface area contributed by atoms with Crippen molar-refractivity contribution in [2.45, 2.75) is 31.3 Å². The summed E-state index contributed by atoms with van der Waals surface area (Å²) < 4.78 is 8.97. The van der Waals surface area contributed by atoms with Gasteiger partial charge in [-0.3, -0.25) is 13.9 Å². The van der Waals surface area contributed by atoms with Gasteiger partial charge in [-0.2, -0.15) is 5.26 Å². The third kappa shape index (κ3) is 4.69. The van der Waals surface area contributed by atoms with E-state index in [-0.39, 0.29) is 41.6 Å². The molecule has 11 nitrogen and oxygen atoms in total. The van der Waals surface area contributed by atoms with E-state index in [1.54, 1.807) is 39.8 Å². The maximum Gasteiger partial charge on any atom is 0.335 e. The largest absolute Gasteiger partial charge is 0.457 e. The minimum Gasteiger partial charge on any atom is -0.457 e. The number of anilines is 1. The van der Waals surface area contributed by atoms with E-state index in [2.05, 4.69) is 21.4 Å². The number of carbonyl (C=O) groups excluding carboxylic acids is 1. The number of para-hydroxylation sites is 1. The molecule has 4 aromatic rings. The smallest absolute Gasteiger partial charge is 0.335 e. The lowest BCUT2D eigenvalue weighted by Gasteiger charge is -2.17. The fraction of sp³-hybridized carbons (Fsp3) is 0.276. The second kappa shape index (κ2) is 10.7. The lowest BCUT2D eigenvalue weighted by molar-refractivity contribution is -0.125. The van der Waals surface area contributed by atoms with Crippen molar-refractivity contribution in [2.24, 2.45) is 0 Å². The number of nitriles is 1. The van der Waals surface area contributed by atoms with Crippen LogP contribution in [0.15, 0.2) is 77.4 Å². The van der Waals surface area contributed by atoms with Crippen LogP contribution in [-0.4, -0.2) is 55.6 Å². The molecule has 2 atom stereocenters. The predicted molar refractivity (Wildman–Crippen MR) is 149 cm³/mol. The highest BCUT2D eigenvalue weighted by molar-refractivity contribution is 5.97. The molecule has 3 N–H and O–H groups in total. The number of benzene rings is 2. The van der Waals surface area contributed by atoms with E-state index in [9.17, 15) is 14.9 Å². The Hall–Kier alpha value is -4.95. The molecule has 2 unspecified atom stereocenters. The molecule has 2 aliphatic rings. The zero-order chi connectivity index (χ0) is 27.6. The summed E-state index contributed by atoms with van der Waals surface area (Å²) in [6, 6.07) is 18.3. The Bertz CT molecular complexity index is 1680. The Kier molecular flexibility index (Phi) is 6.76. The van der Waals surface area contributed by atoms with Crippen LogP contribution >= 0.6 is 0 Å². The Labute approximate surface area is 230 Å². The third-order valence-corrected chi connectivity index (χ3v) is 7.39. The summed E-state index contributed by atoms with van der Waals surface area (Å²) in [5, 5.41) is 12.9. The van der Waals surface area contributed by atoms with E-state index in [1.165, 1.54) is 10.9 Å². The average molecular weight is 537 g/mol. The SMILES string of the molecule is N#CC(=CC1CCCN1)C(=O)N1CCC(n2c(=O)n(-c3ccc(Oc4ccccc4)cc3)c3c(N)ncnc32)C1. The number of rotatable bonds is 6. The van der Waals surface area contributed by atoms with E-state index < -0.39 is 0 Å². The van der Waals surface area contributed by atoms with E-state index in [0.717, 1.165) is 19.4 Å². The van der Waals surface area contributed by atoms with Crippen molar-refractivity contribution in [3.63, 3.8) is 0 Å². The first-order valence-electron chi connectivity index (χ1n) is 13.2. The van der Waals surface area contributed by atoms with Crippen molar-refractivity contribution < 1.29 is 9.53 Å². The van der Waals surface area contributed by atoms with Gasteiger partial charge in [0.1, 0.15) is 35.0 Å². The molecule has 2 fully saturated rings. The molecule has 2 aromatic heterocycles. The molecule has 0 saturated carbocycles. The second-order valence-corrected chi connectivity index (χ2v) is 9.92. The standard InChI is InChI=1S/C29H28N8O3/c30-16-19(15-20-5-4-13-32-20)28(38)35-14-12-22(17-35)37-27-25(26(31)33-18-34-27)36(29(37)39)21-8-10-24(11-9-21)40-23-6-2-1-3-7-23/h1-3,6-11,15,18,20,22,32H,4-5,12-14,17H2,(H2,31,33,34). The third-order valence-electron chi connectivity index (χ3n) is 7.39. The van der Waals surface area contributed by atoms with Crippen molar-refractivity contribution in [2.75, 3.05) is 25.4 Å². The number of nitrogen functional groups attached to an aromatic ring is 1. The van der Waals surface area contributed by atoms with E-state index in [0.29, 0.717) is 41.3 Å². The van der Waals surface area contributed by atoms with Crippen molar-refractivity contribution >= 4 is 22.9 Å². The Morgan fingerprint density at radius 3 is 2.60 bits per heavy atom. The molecule has 11 heteroatoms. The van der Waals surface area contributed by atoms with Crippen LogP contribution in [0.25, 0.3) is 16.9 Å². The summed E-state index contributed by atoms with van der Waals surface area (Å²) in [4.78, 5) is 37.3. The van der Waals surface area contributed by atoms with Gasteiger partial charge in [-0.05, 0) is 68.3 Å². The molecule has 0 spiro atoms. The van der Waals surface area contributed by atoms with Gasteiger partial charge in [-0.15, -0.1) is 0 Å². The lowest BCUT2D eigenvalue weighted by atomic mass is 10.1. The normalized spacial score (nSPS) is 19.2. The summed E-state index contributed by atoms with van der Waals surface area (Å²) in [5.74, 6) is 1.18. The summed E-state index contributed by atoms with van der Waals surface area (Å²) in [7, 11) is 0. The molecule has 202 valence electrons. The maximum atomic E-state index is 13.9. The van der Waals surface area contributed by atoms with Gasteiger partial charge in [-0.25, -0.2) is 14.8 Å². The Morgan fingerprint density at radius 1 is 1.10 bits per heavy atom. The van der Waals surface area contributed by atoms with Gasteiger partial charge in [0.15, 0.2) is 11.5 Å². The van der Waals surface area contributed by atoms with Crippen molar-refractivity contribution in [1.29, 1.82) is 5.26 Å². The van der Waals surface area contributed by atoms with Gasteiger partial charge in [0.05, 0.1) is 11.7 Å². The molecular weight excluding hydrogens is 508 g/mol. The highest BCUT2D eigenvalue weighted by atomic mass is 16.5. The summed E-state index contributed by atoms with van der Waals surface area (Å²) >= 11 is 0. The molecule has 0 aliphatic carbocycles. The van der Waals surface area contributed by atoms with Gasteiger partial charge in [0, 0.05) is 19.1 Å². The number of aromatic nitrogens is 4. The molecule has 2 aromatic carbocycles. The Morgan fingerprint density at radius 2 is 1.88 bits per heavy atom. The second-order valence-electron chi connectivity index (χ2n) is 9.92. The van der Waals surface area contributed by atoms with Crippen LogP contribution < -0.4 is 21.5 Å². The number of fused-ring (bicyclic) bond motifs is 1. The number of nitrogens with zero attached hydrogens (tertiary/aromatic N) is 6. The van der Waals surface area contributed by atoms with Crippen LogP contribution in [-0.2, 0) is 4.79 Å². The predicted octanol–water partition coefficient (Wildman–Crippen LogP) is 2.93. The summed E-state index contributed by atoms with van der Waals surface area (Å²) in [6.07, 6.45) is 5.51. The van der Waals surface area contributed by atoms with Gasteiger partial charge < -0.3 is 20.7 Å². The summed E-state index contributed by atoms with van der Waals surface area (Å²) in [6.45, 7) is 1.58. The molecule has 2 saturated heterocycles. The molecule has 0 radical (unpaired) electrons. The van der Waals surface area contributed by atoms with Crippen LogP contribution in [0.4, 0.5) is 5.82 Å². The quantitative estimate of drug-likeness (QED) is 0.283. The van der Waals surface area contributed by atoms with Crippen LogP contribution in [0, 0.1) is 11.3 Å². The molecule has 1 amide bonds. The molecule has 2 aliphatic heterocycles. The number of hydrogen-bond donors (Lipinski definition) is 2. The minimum absolute atomic E-state index is 0.0294. The number of likely N-dealkylation sites (tertiary alicyclic amines) is 1.